The van der Waals surface area contributed by atoms with Gasteiger partial charge in [0.15, 0.2) is 11.4 Å². The van der Waals surface area contributed by atoms with Gasteiger partial charge in [-0.2, -0.15) is 0 Å². The van der Waals surface area contributed by atoms with E-state index in [-0.39, 0.29) is 17.0 Å². The van der Waals surface area contributed by atoms with Crippen LogP contribution in [0.25, 0.3) is 10.8 Å². The van der Waals surface area contributed by atoms with Crippen LogP contribution in [0.15, 0.2) is 53.3 Å². The first-order valence-electron chi connectivity index (χ1n) is 7.29. The van der Waals surface area contributed by atoms with E-state index in [4.69, 9.17) is 4.74 Å². The van der Waals surface area contributed by atoms with Crippen LogP contribution in [-0.4, -0.2) is 22.7 Å². The molecule has 0 atom stereocenters. The second kappa shape index (κ2) is 6.08. The summed E-state index contributed by atoms with van der Waals surface area (Å²) in [6.07, 6.45) is 0. The van der Waals surface area contributed by atoms with E-state index < -0.39 is 5.91 Å². The van der Waals surface area contributed by atoms with Crippen molar-refractivity contribution in [1.29, 1.82) is 0 Å². The van der Waals surface area contributed by atoms with Crippen molar-refractivity contribution in [2.75, 3.05) is 12.4 Å². The second-order valence-electron chi connectivity index (χ2n) is 5.26. The molecule has 6 nitrogen and oxygen atoms in total. The number of anilines is 1. The summed E-state index contributed by atoms with van der Waals surface area (Å²) in [6.45, 7) is 0. The molecule has 0 radical (unpaired) electrons. The summed E-state index contributed by atoms with van der Waals surface area (Å²) in [6, 6.07) is 13.5. The summed E-state index contributed by atoms with van der Waals surface area (Å²) in [5.74, 6) is -0.349. The van der Waals surface area contributed by atoms with Crippen molar-refractivity contribution in [3.63, 3.8) is 0 Å². The summed E-state index contributed by atoms with van der Waals surface area (Å²) in [4.78, 5) is 25.1. The number of benzene rings is 2. The van der Waals surface area contributed by atoms with E-state index in [1.807, 2.05) is 0 Å². The molecule has 122 valence electrons. The molecule has 3 rings (SSSR count). The Labute approximate surface area is 137 Å². The predicted molar refractivity (Wildman–Crippen MR) is 91.8 cm³/mol. The molecule has 1 aromatic heterocycles. The van der Waals surface area contributed by atoms with Gasteiger partial charge >= 0.3 is 0 Å². The maximum atomic E-state index is 12.6. The number of nitrogens with zero attached hydrogens (tertiary/aromatic N) is 1. The Morgan fingerprint density at radius 3 is 2.42 bits per heavy atom. The SMILES string of the molecule is COc1ccccc1NC(=O)c1c(O)c2ccccc2c(=O)n1C. The van der Waals surface area contributed by atoms with Gasteiger partial charge in [-0.15, -0.1) is 0 Å². The van der Waals surface area contributed by atoms with Gasteiger partial charge in [0.2, 0.25) is 0 Å². The Balaban J connectivity index is 2.12. The molecule has 6 heteroatoms. The van der Waals surface area contributed by atoms with Crippen molar-refractivity contribution in [1.82, 2.24) is 4.57 Å². The monoisotopic (exact) mass is 324 g/mol. The quantitative estimate of drug-likeness (QED) is 0.776. The first-order chi connectivity index (χ1) is 11.5. The van der Waals surface area contributed by atoms with Gasteiger partial charge in [0.05, 0.1) is 18.2 Å². The van der Waals surface area contributed by atoms with Gasteiger partial charge in [-0.25, -0.2) is 0 Å². The third-order valence-corrected chi connectivity index (χ3v) is 3.85. The number of hydrogen-bond donors (Lipinski definition) is 2. The van der Waals surface area contributed by atoms with Crippen LogP contribution in [0.2, 0.25) is 0 Å². The van der Waals surface area contributed by atoms with E-state index in [0.717, 1.165) is 4.57 Å². The van der Waals surface area contributed by atoms with Gasteiger partial charge in [-0.1, -0.05) is 30.3 Å². The molecule has 0 unspecified atom stereocenters. The number of rotatable bonds is 3. The van der Waals surface area contributed by atoms with Crippen LogP contribution >= 0.6 is 0 Å². The van der Waals surface area contributed by atoms with E-state index in [9.17, 15) is 14.7 Å². The first kappa shape index (κ1) is 15.6. The van der Waals surface area contributed by atoms with Crippen molar-refractivity contribution < 1.29 is 14.6 Å². The summed E-state index contributed by atoms with van der Waals surface area (Å²) >= 11 is 0. The molecular formula is C18H16N2O4. The van der Waals surface area contributed by atoms with E-state index in [1.165, 1.54) is 14.2 Å². The summed E-state index contributed by atoms with van der Waals surface area (Å²) < 4.78 is 6.33. The average Bonchev–Trinajstić information content (AvgIpc) is 2.60. The Morgan fingerprint density at radius 1 is 1.08 bits per heavy atom. The lowest BCUT2D eigenvalue weighted by molar-refractivity contribution is 0.101. The van der Waals surface area contributed by atoms with E-state index in [1.54, 1.807) is 48.5 Å². The van der Waals surface area contributed by atoms with Gasteiger partial charge in [-0.05, 0) is 18.2 Å². The molecule has 0 fully saturated rings. The molecule has 0 aliphatic heterocycles. The second-order valence-corrected chi connectivity index (χ2v) is 5.26. The largest absolute Gasteiger partial charge is 0.505 e. The number of carbonyl (C=O) groups excluding carboxylic acids is 1. The minimum absolute atomic E-state index is 0.107. The minimum atomic E-state index is -0.595. The average molecular weight is 324 g/mol. The van der Waals surface area contributed by atoms with Crippen LogP contribution in [0.1, 0.15) is 10.5 Å². The highest BCUT2D eigenvalue weighted by Gasteiger charge is 2.21. The highest BCUT2D eigenvalue weighted by molar-refractivity contribution is 6.08. The minimum Gasteiger partial charge on any atom is -0.505 e. The molecule has 1 heterocycles. The highest BCUT2D eigenvalue weighted by Crippen LogP contribution is 2.28. The van der Waals surface area contributed by atoms with Crippen molar-refractivity contribution in [3.05, 3.63) is 64.6 Å². The third kappa shape index (κ3) is 2.48. The molecule has 0 saturated heterocycles. The Morgan fingerprint density at radius 2 is 1.71 bits per heavy atom. The lowest BCUT2D eigenvalue weighted by Gasteiger charge is -2.14. The number of amides is 1. The zero-order valence-electron chi connectivity index (χ0n) is 13.2. The molecule has 3 aromatic rings. The van der Waals surface area contributed by atoms with Gasteiger partial charge in [0.25, 0.3) is 11.5 Å². The topological polar surface area (TPSA) is 80.6 Å². The van der Waals surface area contributed by atoms with Gasteiger partial charge in [-0.3, -0.25) is 9.59 Å². The van der Waals surface area contributed by atoms with Gasteiger partial charge < -0.3 is 19.7 Å². The lowest BCUT2D eigenvalue weighted by atomic mass is 10.1. The normalized spacial score (nSPS) is 10.6. The Kier molecular flexibility index (Phi) is 3.95. The van der Waals surface area contributed by atoms with Crippen molar-refractivity contribution >= 4 is 22.4 Å². The summed E-state index contributed by atoms with van der Waals surface area (Å²) in [5, 5.41) is 13.8. The number of aromatic hydroxyl groups is 1. The zero-order chi connectivity index (χ0) is 17.3. The van der Waals surface area contributed by atoms with E-state index in [2.05, 4.69) is 5.32 Å². The number of nitrogens with one attached hydrogen (secondary N) is 1. The van der Waals surface area contributed by atoms with E-state index >= 15 is 0 Å². The van der Waals surface area contributed by atoms with Crippen LogP contribution in [0.5, 0.6) is 11.5 Å². The molecule has 2 aromatic carbocycles. The fourth-order valence-corrected chi connectivity index (χ4v) is 2.63. The highest BCUT2D eigenvalue weighted by atomic mass is 16.5. The Bertz CT molecular complexity index is 992. The molecule has 0 bridgehead atoms. The number of methoxy groups -OCH3 is 1. The molecule has 1 amide bonds. The predicted octanol–water partition coefficient (Wildman–Crippen LogP) is 2.50. The Hall–Kier alpha value is -3.28. The van der Waals surface area contributed by atoms with Gasteiger partial charge in [0.1, 0.15) is 5.75 Å². The van der Waals surface area contributed by atoms with Crippen molar-refractivity contribution in [2.24, 2.45) is 7.05 Å². The maximum absolute atomic E-state index is 12.6. The molecule has 0 aliphatic rings. The smallest absolute Gasteiger partial charge is 0.276 e. The van der Waals surface area contributed by atoms with Crippen molar-refractivity contribution in [2.45, 2.75) is 0 Å². The van der Waals surface area contributed by atoms with Crippen LogP contribution in [0.4, 0.5) is 5.69 Å². The molecule has 0 saturated carbocycles. The van der Waals surface area contributed by atoms with Crippen molar-refractivity contribution in [3.8, 4) is 11.5 Å². The van der Waals surface area contributed by atoms with Crippen LogP contribution < -0.4 is 15.6 Å². The number of aromatic nitrogens is 1. The van der Waals surface area contributed by atoms with Gasteiger partial charge in [0, 0.05) is 12.4 Å². The first-order valence-corrected chi connectivity index (χ1v) is 7.29. The molecule has 24 heavy (non-hydrogen) atoms. The van der Waals surface area contributed by atoms with Crippen LogP contribution in [0, 0.1) is 0 Å². The standard InChI is InChI=1S/C18H16N2O4/c1-20-15(16(21)11-7-3-4-8-12(11)18(20)23)17(22)19-13-9-5-6-10-14(13)24-2/h3-10,21H,1-2H3,(H,19,22). The number of pyridine rings is 1. The number of hydrogen-bond acceptors (Lipinski definition) is 4. The zero-order valence-corrected chi connectivity index (χ0v) is 13.2. The molecule has 0 spiro atoms. The number of fused-ring (bicyclic) bond motifs is 1. The summed E-state index contributed by atoms with van der Waals surface area (Å²) in [7, 11) is 2.94. The fourth-order valence-electron chi connectivity index (χ4n) is 2.63. The lowest BCUT2D eigenvalue weighted by Crippen LogP contribution is -2.26. The number of ether oxygens (including phenoxy) is 1. The number of carbonyl (C=O) groups is 1. The molecule has 2 N–H and O–H groups in total. The van der Waals surface area contributed by atoms with E-state index in [0.29, 0.717) is 22.2 Å². The summed E-state index contributed by atoms with van der Waals surface area (Å²) in [5.41, 5.74) is -0.0109. The third-order valence-electron chi connectivity index (χ3n) is 3.85. The van der Waals surface area contributed by atoms with Crippen LogP contribution in [0.3, 0.4) is 0 Å². The fraction of sp³-hybridized carbons (Fsp3) is 0.111. The molecule has 0 aliphatic carbocycles. The number of para-hydroxylation sites is 2. The molecular weight excluding hydrogens is 308 g/mol. The van der Waals surface area contributed by atoms with Crippen LogP contribution in [-0.2, 0) is 7.05 Å². The maximum Gasteiger partial charge on any atom is 0.276 e.